The number of nitrogens with zero attached hydrogens (tertiary/aromatic N) is 8. The summed E-state index contributed by atoms with van der Waals surface area (Å²) in [6.07, 6.45) is 8.68. The second kappa shape index (κ2) is 10.2. The van der Waals surface area contributed by atoms with Crippen LogP contribution in [0.5, 0.6) is 0 Å². The lowest BCUT2D eigenvalue weighted by molar-refractivity contribution is 0.357. The number of halogens is 2. The summed E-state index contributed by atoms with van der Waals surface area (Å²) in [6, 6.07) is 4.49. The predicted octanol–water partition coefficient (Wildman–Crippen LogP) is 3.60. The Bertz CT molecular complexity index is 1520. The van der Waals surface area contributed by atoms with E-state index in [0.29, 0.717) is 18.3 Å². The van der Waals surface area contributed by atoms with Crippen LogP contribution in [0.25, 0.3) is 5.65 Å². The zero-order valence-corrected chi connectivity index (χ0v) is 20.6. The fourth-order valence-corrected chi connectivity index (χ4v) is 4.64. The van der Waals surface area contributed by atoms with Crippen LogP contribution in [0, 0.1) is 11.6 Å². The molecule has 5 heterocycles. The Balaban J connectivity index is 1.30. The van der Waals surface area contributed by atoms with E-state index >= 15 is 0 Å². The minimum absolute atomic E-state index is 0.0780. The van der Waals surface area contributed by atoms with Crippen molar-refractivity contribution in [3.05, 3.63) is 71.3 Å². The molecule has 0 atom stereocenters. The number of hydrogen-bond donors (Lipinski definition) is 2. The monoisotopic (exact) mass is 516 g/mol. The first-order chi connectivity index (χ1) is 18.6. The van der Waals surface area contributed by atoms with Crippen molar-refractivity contribution in [1.82, 2.24) is 34.8 Å². The van der Waals surface area contributed by atoms with Crippen LogP contribution in [0.3, 0.4) is 0 Å². The molecule has 0 unspecified atom stereocenters. The number of rotatable bonds is 7. The van der Waals surface area contributed by atoms with E-state index in [1.807, 2.05) is 18.3 Å². The van der Waals surface area contributed by atoms with Crippen LogP contribution >= 0.6 is 0 Å². The van der Waals surface area contributed by atoms with Gasteiger partial charge in [-0.05, 0) is 48.7 Å². The number of amidine groups is 1. The SMILES string of the molecule is C=Nc1cncc(C2CC2)c1C(=NCc1ccnc(Nc2nc3c(F)cc(F)cn3n2)c1)N1CCNCC1. The Morgan fingerprint density at radius 3 is 2.82 bits per heavy atom. The van der Waals surface area contributed by atoms with Gasteiger partial charge in [0.05, 0.1) is 24.6 Å². The lowest BCUT2D eigenvalue weighted by Crippen LogP contribution is -2.47. The van der Waals surface area contributed by atoms with E-state index < -0.39 is 11.6 Å². The first-order valence-electron chi connectivity index (χ1n) is 12.5. The molecule has 1 aliphatic carbocycles. The van der Waals surface area contributed by atoms with Crippen molar-refractivity contribution >= 4 is 35.7 Å². The van der Waals surface area contributed by atoms with Gasteiger partial charge in [0.2, 0.25) is 5.95 Å². The fraction of sp³-hybridized carbons (Fsp3) is 0.308. The summed E-state index contributed by atoms with van der Waals surface area (Å²) < 4.78 is 28.6. The van der Waals surface area contributed by atoms with E-state index in [4.69, 9.17) is 4.99 Å². The molecule has 2 aliphatic rings. The topological polar surface area (TPSA) is 108 Å². The second-order valence-electron chi connectivity index (χ2n) is 9.32. The van der Waals surface area contributed by atoms with Crippen LogP contribution in [0.1, 0.15) is 35.4 Å². The number of piperazine rings is 1. The molecule has 1 saturated carbocycles. The fourth-order valence-electron chi connectivity index (χ4n) is 4.64. The van der Waals surface area contributed by atoms with E-state index in [2.05, 4.69) is 47.3 Å². The van der Waals surface area contributed by atoms with E-state index in [-0.39, 0.29) is 11.6 Å². The molecule has 12 heteroatoms. The number of nitrogens with one attached hydrogen (secondary N) is 2. The van der Waals surface area contributed by atoms with Gasteiger partial charge in [0.25, 0.3) is 0 Å². The number of aromatic nitrogens is 5. The molecule has 0 spiro atoms. The van der Waals surface area contributed by atoms with E-state index in [1.165, 1.54) is 5.56 Å². The third kappa shape index (κ3) is 4.94. The van der Waals surface area contributed by atoms with Crippen molar-refractivity contribution in [1.29, 1.82) is 0 Å². The second-order valence-corrected chi connectivity index (χ2v) is 9.32. The Labute approximate surface area is 217 Å². The number of aliphatic imine (C=N–C) groups is 2. The highest BCUT2D eigenvalue weighted by Crippen LogP contribution is 2.43. The van der Waals surface area contributed by atoms with Gasteiger partial charge in [-0.25, -0.2) is 18.3 Å². The largest absolute Gasteiger partial charge is 0.354 e. The number of fused-ring (bicyclic) bond motifs is 1. The van der Waals surface area contributed by atoms with Gasteiger partial charge in [-0.2, -0.15) is 4.98 Å². The van der Waals surface area contributed by atoms with Crippen molar-refractivity contribution in [3.63, 3.8) is 0 Å². The minimum atomic E-state index is -0.794. The Morgan fingerprint density at radius 2 is 2.03 bits per heavy atom. The number of anilines is 2. The Kier molecular flexibility index (Phi) is 6.46. The lowest BCUT2D eigenvalue weighted by Gasteiger charge is -2.32. The van der Waals surface area contributed by atoms with Crippen LogP contribution in [0.15, 0.2) is 53.0 Å². The maximum Gasteiger partial charge on any atom is 0.248 e. The van der Waals surface area contributed by atoms with Gasteiger partial charge in [-0.3, -0.25) is 15.0 Å². The molecule has 4 aromatic rings. The third-order valence-electron chi connectivity index (χ3n) is 6.61. The van der Waals surface area contributed by atoms with Crippen LogP contribution in [-0.4, -0.2) is 68.2 Å². The van der Waals surface area contributed by atoms with Gasteiger partial charge in [0, 0.05) is 50.2 Å². The van der Waals surface area contributed by atoms with Gasteiger partial charge >= 0.3 is 0 Å². The number of pyridine rings is 3. The highest BCUT2D eigenvalue weighted by Gasteiger charge is 2.31. The Hall–Kier alpha value is -4.32. The maximum absolute atomic E-state index is 14.0. The van der Waals surface area contributed by atoms with Crippen molar-refractivity contribution in [3.8, 4) is 0 Å². The zero-order chi connectivity index (χ0) is 26.1. The molecule has 0 amide bonds. The Morgan fingerprint density at radius 1 is 1.18 bits per heavy atom. The minimum Gasteiger partial charge on any atom is -0.354 e. The van der Waals surface area contributed by atoms with Crippen molar-refractivity contribution in [2.24, 2.45) is 9.98 Å². The maximum atomic E-state index is 14.0. The molecule has 1 aliphatic heterocycles. The average molecular weight is 517 g/mol. The van der Waals surface area contributed by atoms with Gasteiger partial charge in [0.1, 0.15) is 17.5 Å². The van der Waals surface area contributed by atoms with Gasteiger partial charge in [-0.1, -0.05) is 0 Å². The van der Waals surface area contributed by atoms with E-state index in [9.17, 15) is 8.78 Å². The summed E-state index contributed by atoms with van der Waals surface area (Å²) in [5.74, 6) is 0.408. The van der Waals surface area contributed by atoms with Crippen molar-refractivity contribution in [2.45, 2.75) is 25.3 Å². The number of hydrogen-bond acceptors (Lipinski definition) is 8. The van der Waals surface area contributed by atoms with E-state index in [0.717, 1.165) is 78.4 Å². The highest BCUT2D eigenvalue weighted by atomic mass is 19.1. The molecule has 38 heavy (non-hydrogen) atoms. The smallest absolute Gasteiger partial charge is 0.248 e. The molecule has 6 rings (SSSR count). The standard InChI is InChI=1S/C26H26F2N10/c1-29-21-14-31-13-19(17-2-3-17)23(21)25(37-8-6-30-7-9-37)33-12-16-4-5-32-22(10-16)34-26-35-24-20(28)11-18(27)15-38(24)36-26/h4-5,10-11,13-15,17,30H,1-3,6-9,12H2,(H,32,34,36). The normalized spacial score (nSPS) is 16.2. The summed E-state index contributed by atoms with van der Waals surface area (Å²) in [5, 5.41) is 10.5. The van der Waals surface area contributed by atoms with Crippen molar-refractivity contribution < 1.29 is 8.78 Å². The van der Waals surface area contributed by atoms with Gasteiger partial charge in [-0.15, -0.1) is 5.10 Å². The van der Waals surface area contributed by atoms with Gasteiger partial charge < -0.3 is 15.5 Å². The molecule has 0 radical (unpaired) electrons. The third-order valence-corrected chi connectivity index (χ3v) is 6.61. The molecule has 4 aromatic heterocycles. The predicted molar refractivity (Wildman–Crippen MR) is 141 cm³/mol. The summed E-state index contributed by atoms with van der Waals surface area (Å²) in [5.41, 5.74) is 3.75. The lowest BCUT2D eigenvalue weighted by atomic mass is 10.0. The summed E-state index contributed by atoms with van der Waals surface area (Å²) in [7, 11) is 0. The van der Waals surface area contributed by atoms with Crippen LogP contribution in [0.2, 0.25) is 0 Å². The van der Waals surface area contributed by atoms with Crippen LogP contribution in [0.4, 0.5) is 26.2 Å². The van der Waals surface area contributed by atoms with Crippen molar-refractivity contribution in [2.75, 3.05) is 31.5 Å². The molecule has 2 fully saturated rings. The van der Waals surface area contributed by atoms with Crippen LogP contribution < -0.4 is 10.6 Å². The average Bonchev–Trinajstić information content (AvgIpc) is 3.70. The molecule has 10 nitrogen and oxygen atoms in total. The quantitative estimate of drug-likeness (QED) is 0.285. The van der Waals surface area contributed by atoms with Gasteiger partial charge in [0.15, 0.2) is 11.5 Å². The molecule has 194 valence electrons. The molecule has 1 saturated heterocycles. The molecule has 2 N–H and O–H groups in total. The first-order valence-corrected chi connectivity index (χ1v) is 12.5. The highest BCUT2D eigenvalue weighted by molar-refractivity contribution is 6.04. The molecular weight excluding hydrogens is 490 g/mol. The summed E-state index contributed by atoms with van der Waals surface area (Å²) >= 11 is 0. The molecular formula is C26H26F2N10. The summed E-state index contributed by atoms with van der Waals surface area (Å²) in [4.78, 5) is 24.5. The van der Waals surface area contributed by atoms with E-state index in [1.54, 1.807) is 12.4 Å². The first kappa shape index (κ1) is 24.0. The zero-order valence-electron chi connectivity index (χ0n) is 20.6. The molecule has 0 aromatic carbocycles. The molecule has 0 bridgehead atoms. The van der Waals surface area contributed by atoms with Crippen LogP contribution in [-0.2, 0) is 6.54 Å². The summed E-state index contributed by atoms with van der Waals surface area (Å²) in [6.45, 7) is 7.61.